The average molecular weight is 371 g/mol. The molecule has 1 amide bonds. The zero-order chi connectivity index (χ0) is 18.7. The average Bonchev–Trinajstić information content (AvgIpc) is 3.08. The maximum absolute atomic E-state index is 14.2. The highest BCUT2D eigenvalue weighted by Crippen LogP contribution is 2.39. The Morgan fingerprint density at radius 2 is 2.23 bits per heavy atom. The Labute approximate surface area is 152 Å². The number of nitrogens with zero attached hydrogens (tertiary/aromatic N) is 3. The van der Waals surface area contributed by atoms with Gasteiger partial charge in [0.15, 0.2) is 5.76 Å². The predicted molar refractivity (Wildman–Crippen MR) is 91.0 cm³/mol. The number of rotatable bonds is 5. The van der Waals surface area contributed by atoms with E-state index in [0.29, 0.717) is 50.5 Å². The third kappa shape index (κ3) is 4.16. The van der Waals surface area contributed by atoms with Crippen molar-refractivity contribution in [1.29, 1.82) is 0 Å². The van der Waals surface area contributed by atoms with Gasteiger partial charge in [-0.1, -0.05) is 6.42 Å². The van der Waals surface area contributed by atoms with Crippen molar-refractivity contribution in [1.82, 2.24) is 15.0 Å². The third-order valence-corrected chi connectivity index (χ3v) is 5.54. The molecule has 0 radical (unpaired) electrons. The molecule has 2 heterocycles. The third-order valence-electron chi connectivity index (χ3n) is 5.54. The minimum atomic E-state index is -2.87. The van der Waals surface area contributed by atoms with Crippen LogP contribution in [-0.4, -0.2) is 60.1 Å². The number of likely N-dealkylation sites (tertiary alicyclic amines) is 1. The zero-order valence-corrected chi connectivity index (χ0v) is 15.4. The highest BCUT2D eigenvalue weighted by atomic mass is 19.3. The van der Waals surface area contributed by atoms with Crippen LogP contribution < -0.4 is 4.74 Å². The molecule has 0 bridgehead atoms. The van der Waals surface area contributed by atoms with E-state index in [-0.39, 0.29) is 18.4 Å². The fourth-order valence-electron chi connectivity index (χ4n) is 3.97. The van der Waals surface area contributed by atoms with E-state index in [1.54, 1.807) is 11.0 Å². The van der Waals surface area contributed by atoms with E-state index in [2.05, 4.69) is 10.1 Å². The molecule has 26 heavy (non-hydrogen) atoms. The molecule has 1 saturated heterocycles. The van der Waals surface area contributed by atoms with E-state index in [1.807, 2.05) is 7.05 Å². The van der Waals surface area contributed by atoms with Gasteiger partial charge in [0.2, 0.25) is 5.91 Å². The number of carbonyl (C=O) groups is 1. The van der Waals surface area contributed by atoms with Crippen LogP contribution in [0.2, 0.25) is 0 Å². The smallest absolute Gasteiger partial charge is 0.259 e. The summed E-state index contributed by atoms with van der Waals surface area (Å²) in [6.45, 7) is 1.57. The van der Waals surface area contributed by atoms with E-state index in [4.69, 9.17) is 9.26 Å². The number of ether oxygens (including phenoxy) is 1. The van der Waals surface area contributed by atoms with Gasteiger partial charge in [0, 0.05) is 31.6 Å². The molecule has 6 nitrogen and oxygen atoms in total. The standard InChI is InChI=1S/C18H27F2N3O3/c1-22(12-14-10-16(25-2)21-26-14)13-6-5-9-23(11-13)17(24)15-7-3-4-8-18(15,19)20/h10,13,15H,3-9,11-12H2,1-2H3. The summed E-state index contributed by atoms with van der Waals surface area (Å²) in [5, 5.41) is 3.78. The number of likely N-dealkylation sites (N-methyl/N-ethyl adjacent to an activating group) is 1. The molecule has 3 rings (SSSR count). The predicted octanol–water partition coefficient (Wildman–Crippen LogP) is 2.93. The highest BCUT2D eigenvalue weighted by Gasteiger charge is 2.47. The molecular formula is C18H27F2N3O3. The normalized spacial score (nSPS) is 26.1. The van der Waals surface area contributed by atoms with Crippen LogP contribution in [0.25, 0.3) is 0 Å². The molecular weight excluding hydrogens is 344 g/mol. The van der Waals surface area contributed by atoms with Gasteiger partial charge < -0.3 is 14.2 Å². The van der Waals surface area contributed by atoms with Crippen molar-refractivity contribution in [3.05, 3.63) is 11.8 Å². The van der Waals surface area contributed by atoms with Crippen LogP contribution in [0.1, 0.15) is 44.3 Å². The summed E-state index contributed by atoms with van der Waals surface area (Å²) in [4.78, 5) is 16.4. The fourth-order valence-corrected chi connectivity index (χ4v) is 3.97. The number of piperidine rings is 1. The summed E-state index contributed by atoms with van der Waals surface area (Å²) in [6.07, 6.45) is 3.07. The first-order valence-electron chi connectivity index (χ1n) is 9.27. The second kappa shape index (κ2) is 7.90. The van der Waals surface area contributed by atoms with Gasteiger partial charge >= 0.3 is 0 Å². The first-order valence-corrected chi connectivity index (χ1v) is 9.27. The van der Waals surface area contributed by atoms with Gasteiger partial charge in [-0.2, -0.15) is 0 Å². The van der Waals surface area contributed by atoms with Crippen molar-refractivity contribution in [3.8, 4) is 5.88 Å². The quantitative estimate of drug-likeness (QED) is 0.797. The van der Waals surface area contributed by atoms with E-state index in [9.17, 15) is 13.6 Å². The van der Waals surface area contributed by atoms with Gasteiger partial charge in [-0.05, 0) is 37.9 Å². The number of hydrogen-bond donors (Lipinski definition) is 0. The van der Waals surface area contributed by atoms with Gasteiger partial charge in [-0.3, -0.25) is 9.69 Å². The Bertz CT molecular complexity index is 623. The molecule has 1 aliphatic carbocycles. The van der Waals surface area contributed by atoms with Gasteiger partial charge in [-0.25, -0.2) is 8.78 Å². The van der Waals surface area contributed by atoms with Gasteiger partial charge in [-0.15, -0.1) is 0 Å². The Morgan fingerprint density at radius 1 is 1.42 bits per heavy atom. The minimum absolute atomic E-state index is 0.112. The largest absolute Gasteiger partial charge is 0.479 e. The van der Waals surface area contributed by atoms with Crippen LogP contribution in [0.15, 0.2) is 10.6 Å². The molecule has 1 aliphatic heterocycles. The van der Waals surface area contributed by atoms with Crippen molar-refractivity contribution < 1.29 is 22.8 Å². The van der Waals surface area contributed by atoms with Crippen LogP contribution in [0.5, 0.6) is 5.88 Å². The molecule has 0 aromatic carbocycles. The summed E-state index contributed by atoms with van der Waals surface area (Å²) in [6, 6.07) is 1.84. The lowest BCUT2D eigenvalue weighted by atomic mass is 9.84. The first-order chi connectivity index (χ1) is 12.4. The fraction of sp³-hybridized carbons (Fsp3) is 0.778. The highest BCUT2D eigenvalue weighted by molar-refractivity contribution is 5.80. The number of halogens is 2. The number of aromatic nitrogens is 1. The molecule has 2 atom stereocenters. The second-order valence-corrected chi connectivity index (χ2v) is 7.39. The van der Waals surface area contributed by atoms with Crippen LogP contribution in [0.3, 0.4) is 0 Å². The number of amides is 1. The minimum Gasteiger partial charge on any atom is -0.479 e. The Kier molecular flexibility index (Phi) is 5.79. The van der Waals surface area contributed by atoms with Crippen molar-refractivity contribution in [2.75, 3.05) is 27.2 Å². The van der Waals surface area contributed by atoms with Crippen molar-refractivity contribution in [2.24, 2.45) is 5.92 Å². The molecule has 1 aromatic heterocycles. The van der Waals surface area contributed by atoms with E-state index in [0.717, 1.165) is 12.8 Å². The molecule has 1 aromatic rings. The van der Waals surface area contributed by atoms with Crippen molar-refractivity contribution in [3.63, 3.8) is 0 Å². The first kappa shape index (κ1) is 19.1. The van der Waals surface area contributed by atoms with E-state index in [1.165, 1.54) is 7.11 Å². The molecule has 0 N–H and O–H groups in total. The summed E-state index contributed by atoms with van der Waals surface area (Å²) in [5.74, 6) is -3.31. The number of alkyl halides is 2. The van der Waals surface area contributed by atoms with Crippen LogP contribution >= 0.6 is 0 Å². The van der Waals surface area contributed by atoms with E-state index < -0.39 is 11.8 Å². The Morgan fingerprint density at radius 3 is 2.92 bits per heavy atom. The van der Waals surface area contributed by atoms with E-state index >= 15 is 0 Å². The Hall–Kier alpha value is -1.70. The summed E-state index contributed by atoms with van der Waals surface area (Å²) >= 11 is 0. The molecule has 8 heteroatoms. The van der Waals surface area contributed by atoms with Gasteiger partial charge in [0.05, 0.1) is 13.7 Å². The number of carbonyl (C=O) groups excluding carboxylic acids is 1. The SMILES string of the molecule is COc1cc(CN(C)C2CCCN(C(=O)C3CCCCC3(F)F)C2)on1. The summed E-state index contributed by atoms with van der Waals surface area (Å²) < 4.78 is 38.6. The maximum atomic E-state index is 14.2. The molecule has 2 aliphatic rings. The van der Waals surface area contributed by atoms with Crippen LogP contribution in [0.4, 0.5) is 8.78 Å². The molecule has 1 saturated carbocycles. The monoisotopic (exact) mass is 371 g/mol. The Balaban J connectivity index is 1.60. The lowest BCUT2D eigenvalue weighted by Crippen LogP contribution is -2.52. The van der Waals surface area contributed by atoms with Crippen molar-refractivity contribution in [2.45, 2.75) is 57.0 Å². The zero-order valence-electron chi connectivity index (χ0n) is 15.4. The lowest BCUT2D eigenvalue weighted by Gasteiger charge is -2.40. The van der Waals surface area contributed by atoms with Gasteiger partial charge in [0.25, 0.3) is 11.8 Å². The topological polar surface area (TPSA) is 58.8 Å². The van der Waals surface area contributed by atoms with Crippen LogP contribution in [-0.2, 0) is 11.3 Å². The van der Waals surface area contributed by atoms with Crippen LogP contribution in [0, 0.1) is 5.92 Å². The molecule has 2 fully saturated rings. The summed E-state index contributed by atoms with van der Waals surface area (Å²) in [7, 11) is 3.47. The number of hydrogen-bond acceptors (Lipinski definition) is 5. The molecule has 2 unspecified atom stereocenters. The molecule has 146 valence electrons. The summed E-state index contributed by atoms with van der Waals surface area (Å²) in [5.41, 5.74) is 0. The lowest BCUT2D eigenvalue weighted by molar-refractivity contribution is -0.157. The van der Waals surface area contributed by atoms with Gasteiger partial charge in [0.1, 0.15) is 5.92 Å². The second-order valence-electron chi connectivity index (χ2n) is 7.39. The number of methoxy groups -OCH3 is 1. The van der Waals surface area contributed by atoms with Crippen molar-refractivity contribution >= 4 is 5.91 Å². The maximum Gasteiger partial charge on any atom is 0.259 e. The molecule has 0 spiro atoms.